The number of aromatic nitrogens is 1. The fraction of sp³-hybridized carbons (Fsp3) is 0.583. The molecule has 3 nitrogen and oxygen atoms in total. The molecule has 0 radical (unpaired) electrons. The van der Waals surface area contributed by atoms with Gasteiger partial charge in [-0.3, -0.25) is 9.88 Å². The highest BCUT2D eigenvalue weighted by molar-refractivity contribution is 5.26. The maximum Gasteiger partial charge on any atom is 0.0605 e. The highest BCUT2D eigenvalue weighted by atomic mass is 15.2. The Morgan fingerprint density at radius 3 is 2.80 bits per heavy atom. The molecule has 0 bridgehead atoms. The van der Waals surface area contributed by atoms with Crippen molar-refractivity contribution in [3.63, 3.8) is 0 Å². The summed E-state index contributed by atoms with van der Waals surface area (Å²) in [4.78, 5) is 6.83. The highest BCUT2D eigenvalue weighted by Crippen LogP contribution is 2.41. The van der Waals surface area contributed by atoms with Gasteiger partial charge in [-0.05, 0) is 50.0 Å². The quantitative estimate of drug-likeness (QED) is 0.803. The molecule has 2 heterocycles. The van der Waals surface area contributed by atoms with Gasteiger partial charge in [0.25, 0.3) is 0 Å². The predicted octanol–water partition coefficient (Wildman–Crippen LogP) is 1.24. The first-order chi connectivity index (χ1) is 7.26. The van der Waals surface area contributed by atoms with Crippen LogP contribution in [0.3, 0.4) is 0 Å². The van der Waals surface area contributed by atoms with Gasteiger partial charge in [0.15, 0.2) is 0 Å². The summed E-state index contributed by atoms with van der Waals surface area (Å²) in [7, 11) is 0. The van der Waals surface area contributed by atoms with E-state index in [1.807, 2.05) is 6.20 Å². The number of nitrogens with two attached hydrogens (primary N) is 1. The minimum absolute atomic E-state index is 0.0923. The molecule has 3 heteroatoms. The Bertz CT molecular complexity index is 367. The topological polar surface area (TPSA) is 42.1 Å². The van der Waals surface area contributed by atoms with Crippen LogP contribution in [0.4, 0.5) is 0 Å². The van der Waals surface area contributed by atoms with Gasteiger partial charge in [-0.15, -0.1) is 0 Å². The molecule has 1 aliphatic heterocycles. The molecular formula is C12H17N3. The lowest BCUT2D eigenvalue weighted by Gasteiger charge is -2.30. The minimum atomic E-state index is -0.0923. The summed E-state index contributed by atoms with van der Waals surface area (Å²) in [5.74, 6) is 0. The summed E-state index contributed by atoms with van der Waals surface area (Å²) >= 11 is 0. The molecule has 0 amide bonds. The van der Waals surface area contributed by atoms with E-state index in [1.165, 1.54) is 25.1 Å². The molecule has 1 aromatic heterocycles. The van der Waals surface area contributed by atoms with E-state index in [9.17, 15) is 0 Å². The first-order valence-corrected chi connectivity index (χ1v) is 5.73. The van der Waals surface area contributed by atoms with Gasteiger partial charge in [0.1, 0.15) is 0 Å². The van der Waals surface area contributed by atoms with Crippen LogP contribution in [0.15, 0.2) is 18.3 Å². The largest absolute Gasteiger partial charge is 0.320 e. The van der Waals surface area contributed by atoms with Crippen LogP contribution in [-0.2, 0) is 12.1 Å². The van der Waals surface area contributed by atoms with Crippen molar-refractivity contribution in [1.29, 1.82) is 0 Å². The summed E-state index contributed by atoms with van der Waals surface area (Å²) in [5, 5.41) is 0. The van der Waals surface area contributed by atoms with Gasteiger partial charge in [0, 0.05) is 12.7 Å². The summed E-state index contributed by atoms with van der Waals surface area (Å²) in [6.07, 6.45) is 5.43. The molecule has 80 valence electrons. The summed E-state index contributed by atoms with van der Waals surface area (Å²) in [6.45, 7) is 3.54. The molecule has 15 heavy (non-hydrogen) atoms. The van der Waals surface area contributed by atoms with Gasteiger partial charge >= 0.3 is 0 Å². The molecule has 1 aromatic rings. The monoisotopic (exact) mass is 203 g/mol. The first-order valence-electron chi connectivity index (χ1n) is 5.73. The molecule has 0 atom stereocenters. The third-order valence-electron chi connectivity index (χ3n) is 3.48. The standard InChI is InChI=1S/C12H17N3/c13-12(3-4-12)11-8-10(2-5-14-11)9-15-6-1-7-15/h2,5,8H,1,3-4,6-7,9,13H2. The van der Waals surface area contributed by atoms with Crippen LogP contribution in [0.2, 0.25) is 0 Å². The van der Waals surface area contributed by atoms with Crippen LogP contribution in [0.25, 0.3) is 0 Å². The number of nitrogens with zero attached hydrogens (tertiary/aromatic N) is 2. The second-order valence-corrected chi connectivity index (χ2v) is 4.84. The van der Waals surface area contributed by atoms with Crippen molar-refractivity contribution in [2.24, 2.45) is 5.73 Å². The molecule has 3 rings (SSSR count). The van der Waals surface area contributed by atoms with Gasteiger partial charge in [0.2, 0.25) is 0 Å². The van der Waals surface area contributed by atoms with Crippen molar-refractivity contribution < 1.29 is 0 Å². The van der Waals surface area contributed by atoms with Gasteiger partial charge in [-0.25, -0.2) is 0 Å². The smallest absolute Gasteiger partial charge is 0.0605 e. The van der Waals surface area contributed by atoms with E-state index in [-0.39, 0.29) is 5.54 Å². The van der Waals surface area contributed by atoms with Gasteiger partial charge < -0.3 is 5.73 Å². The molecule has 1 saturated heterocycles. The maximum absolute atomic E-state index is 6.14. The normalized spacial score (nSPS) is 23.5. The Morgan fingerprint density at radius 2 is 2.20 bits per heavy atom. The molecule has 0 aromatic carbocycles. The van der Waals surface area contributed by atoms with Crippen molar-refractivity contribution >= 4 is 0 Å². The lowest BCUT2D eigenvalue weighted by atomic mass is 10.1. The van der Waals surface area contributed by atoms with Gasteiger partial charge in [0.05, 0.1) is 11.2 Å². The Labute approximate surface area is 90.3 Å². The molecule has 2 N–H and O–H groups in total. The molecular weight excluding hydrogens is 186 g/mol. The van der Waals surface area contributed by atoms with Crippen LogP contribution in [0, 0.1) is 0 Å². The maximum atomic E-state index is 6.14. The molecule has 2 fully saturated rings. The van der Waals surface area contributed by atoms with E-state index < -0.39 is 0 Å². The zero-order chi connectivity index (χ0) is 10.3. The SMILES string of the molecule is NC1(c2cc(CN3CCC3)ccn2)CC1. The van der Waals surface area contributed by atoms with E-state index in [0.29, 0.717) is 0 Å². The van der Waals surface area contributed by atoms with E-state index in [1.54, 1.807) is 0 Å². The van der Waals surface area contributed by atoms with Crippen LogP contribution >= 0.6 is 0 Å². The number of hydrogen-bond acceptors (Lipinski definition) is 3. The Kier molecular flexibility index (Phi) is 2.04. The lowest BCUT2D eigenvalue weighted by Crippen LogP contribution is -2.36. The lowest BCUT2D eigenvalue weighted by molar-refractivity contribution is 0.172. The van der Waals surface area contributed by atoms with E-state index in [4.69, 9.17) is 5.73 Å². The molecule has 2 aliphatic rings. The highest BCUT2D eigenvalue weighted by Gasteiger charge is 2.41. The van der Waals surface area contributed by atoms with Crippen LogP contribution in [-0.4, -0.2) is 23.0 Å². The zero-order valence-electron chi connectivity index (χ0n) is 8.95. The fourth-order valence-corrected chi connectivity index (χ4v) is 2.03. The first kappa shape index (κ1) is 9.31. The average Bonchev–Trinajstić information content (AvgIpc) is 2.93. The third-order valence-corrected chi connectivity index (χ3v) is 3.48. The second-order valence-electron chi connectivity index (χ2n) is 4.84. The van der Waals surface area contributed by atoms with Crippen molar-refractivity contribution in [1.82, 2.24) is 9.88 Å². The molecule has 1 saturated carbocycles. The van der Waals surface area contributed by atoms with E-state index in [0.717, 1.165) is 25.1 Å². The number of rotatable bonds is 3. The molecule has 1 aliphatic carbocycles. The van der Waals surface area contributed by atoms with Crippen LogP contribution in [0.5, 0.6) is 0 Å². The Hall–Kier alpha value is -0.930. The molecule has 0 unspecified atom stereocenters. The van der Waals surface area contributed by atoms with Crippen molar-refractivity contribution in [2.75, 3.05) is 13.1 Å². The van der Waals surface area contributed by atoms with Crippen molar-refractivity contribution in [3.8, 4) is 0 Å². The van der Waals surface area contributed by atoms with Gasteiger partial charge in [-0.2, -0.15) is 0 Å². The van der Waals surface area contributed by atoms with Crippen molar-refractivity contribution in [3.05, 3.63) is 29.6 Å². The number of pyridine rings is 1. The minimum Gasteiger partial charge on any atom is -0.320 e. The van der Waals surface area contributed by atoms with E-state index >= 15 is 0 Å². The fourth-order valence-electron chi connectivity index (χ4n) is 2.03. The van der Waals surface area contributed by atoms with Crippen LogP contribution < -0.4 is 5.73 Å². The summed E-state index contributed by atoms with van der Waals surface area (Å²) < 4.78 is 0. The van der Waals surface area contributed by atoms with Crippen LogP contribution in [0.1, 0.15) is 30.5 Å². The summed E-state index contributed by atoms with van der Waals surface area (Å²) in [6, 6.07) is 4.29. The predicted molar refractivity (Wildman–Crippen MR) is 59.2 cm³/mol. The van der Waals surface area contributed by atoms with E-state index in [2.05, 4.69) is 22.0 Å². The average molecular weight is 203 g/mol. The number of likely N-dealkylation sites (tertiary alicyclic amines) is 1. The third kappa shape index (κ3) is 1.77. The summed E-state index contributed by atoms with van der Waals surface area (Å²) in [5.41, 5.74) is 8.49. The zero-order valence-corrected chi connectivity index (χ0v) is 8.95. The Balaban J connectivity index is 1.77. The molecule has 0 spiro atoms. The number of hydrogen-bond donors (Lipinski definition) is 1. The van der Waals surface area contributed by atoms with Gasteiger partial charge in [-0.1, -0.05) is 0 Å². The van der Waals surface area contributed by atoms with Crippen molar-refractivity contribution in [2.45, 2.75) is 31.3 Å². The Morgan fingerprint density at radius 1 is 1.40 bits per heavy atom. The second kappa shape index (κ2) is 3.29.